The zero-order valence-electron chi connectivity index (χ0n) is 13.8. The number of nitrogens with one attached hydrogen (secondary N) is 2. The molecule has 1 aliphatic heterocycles. The predicted molar refractivity (Wildman–Crippen MR) is 96.9 cm³/mol. The van der Waals surface area contributed by atoms with Gasteiger partial charge in [-0.2, -0.15) is 0 Å². The van der Waals surface area contributed by atoms with E-state index in [1.807, 2.05) is 0 Å². The van der Waals surface area contributed by atoms with Gasteiger partial charge >= 0.3 is 0 Å². The maximum Gasteiger partial charge on any atom is 0.253 e. The fourth-order valence-corrected chi connectivity index (χ4v) is 3.09. The molecule has 1 heterocycles. The fraction of sp³-hybridized carbons (Fsp3) is 0.471. The molecule has 1 fully saturated rings. The Labute approximate surface area is 156 Å². The first kappa shape index (κ1) is 19.5. The van der Waals surface area contributed by atoms with Gasteiger partial charge in [-0.1, -0.05) is 36.0 Å². The van der Waals surface area contributed by atoms with E-state index in [4.69, 9.17) is 23.2 Å². The van der Waals surface area contributed by atoms with Crippen molar-refractivity contribution in [2.75, 3.05) is 26.2 Å². The lowest BCUT2D eigenvalue weighted by atomic mass is 10.2. The van der Waals surface area contributed by atoms with Crippen molar-refractivity contribution in [3.63, 3.8) is 0 Å². The maximum absolute atomic E-state index is 12.1. The number of likely N-dealkylation sites (tertiary alicyclic amines) is 1. The Hall–Kier alpha value is -1.79. The van der Waals surface area contributed by atoms with Gasteiger partial charge in [-0.15, -0.1) is 0 Å². The van der Waals surface area contributed by atoms with Crippen LogP contribution in [0.3, 0.4) is 0 Å². The van der Waals surface area contributed by atoms with Gasteiger partial charge in [0.25, 0.3) is 5.91 Å². The fourth-order valence-electron chi connectivity index (χ4n) is 2.60. The first-order valence-corrected chi connectivity index (χ1v) is 9.00. The smallest absolute Gasteiger partial charge is 0.253 e. The molecule has 136 valence electrons. The van der Waals surface area contributed by atoms with E-state index >= 15 is 0 Å². The number of hydrogen-bond donors (Lipinski definition) is 2. The molecular formula is C17H21Cl2N3O3. The maximum atomic E-state index is 12.1. The second-order valence-corrected chi connectivity index (χ2v) is 6.72. The van der Waals surface area contributed by atoms with Crippen molar-refractivity contribution >= 4 is 40.9 Å². The van der Waals surface area contributed by atoms with Gasteiger partial charge in [0.05, 0.1) is 23.7 Å². The molecule has 0 unspecified atom stereocenters. The standard InChI is InChI=1S/C17H21Cl2N3O3/c18-12-5-6-13(14(19)9-12)17(25)21-10-15(23)20-11-16(24)22-7-3-1-2-4-8-22/h5-6,9H,1-4,7-8,10-11H2,(H,20,23)(H,21,25). The summed E-state index contributed by atoms with van der Waals surface area (Å²) in [7, 11) is 0. The average molecular weight is 386 g/mol. The number of amides is 3. The van der Waals surface area contributed by atoms with Crippen LogP contribution in [-0.4, -0.2) is 48.8 Å². The summed E-state index contributed by atoms with van der Waals surface area (Å²) in [6.07, 6.45) is 4.26. The lowest BCUT2D eigenvalue weighted by Gasteiger charge is -2.20. The predicted octanol–water partition coefficient (Wildman–Crippen LogP) is 2.24. The number of carbonyl (C=O) groups is 3. The first-order chi connectivity index (χ1) is 12.0. The summed E-state index contributed by atoms with van der Waals surface area (Å²) < 4.78 is 0. The van der Waals surface area contributed by atoms with Crippen LogP contribution < -0.4 is 10.6 Å². The van der Waals surface area contributed by atoms with E-state index in [0.29, 0.717) is 5.02 Å². The quantitative estimate of drug-likeness (QED) is 0.815. The second kappa shape index (κ2) is 9.63. The molecule has 3 amide bonds. The van der Waals surface area contributed by atoms with Gasteiger partial charge in [-0.05, 0) is 31.0 Å². The number of halogens is 2. The van der Waals surface area contributed by atoms with E-state index in [0.717, 1.165) is 38.8 Å². The zero-order valence-corrected chi connectivity index (χ0v) is 15.3. The molecule has 0 atom stereocenters. The Morgan fingerprint density at radius 2 is 1.64 bits per heavy atom. The molecule has 2 N–H and O–H groups in total. The molecule has 1 saturated heterocycles. The molecule has 8 heteroatoms. The van der Waals surface area contributed by atoms with Crippen LogP contribution in [0.2, 0.25) is 10.0 Å². The third-order valence-corrected chi connectivity index (χ3v) is 4.53. The van der Waals surface area contributed by atoms with Gasteiger partial charge in [0, 0.05) is 18.1 Å². The van der Waals surface area contributed by atoms with Gasteiger partial charge in [0.15, 0.2) is 0 Å². The van der Waals surface area contributed by atoms with Crippen molar-refractivity contribution < 1.29 is 14.4 Å². The number of carbonyl (C=O) groups excluding carboxylic acids is 3. The van der Waals surface area contributed by atoms with Gasteiger partial charge in [-0.25, -0.2) is 0 Å². The molecule has 6 nitrogen and oxygen atoms in total. The largest absolute Gasteiger partial charge is 0.345 e. The van der Waals surface area contributed by atoms with Crippen LogP contribution in [0.15, 0.2) is 18.2 Å². The van der Waals surface area contributed by atoms with E-state index < -0.39 is 11.8 Å². The molecule has 2 rings (SSSR count). The lowest BCUT2D eigenvalue weighted by molar-refractivity contribution is -0.132. The van der Waals surface area contributed by atoms with Gasteiger partial charge in [0.1, 0.15) is 0 Å². The van der Waals surface area contributed by atoms with Crippen LogP contribution in [0.5, 0.6) is 0 Å². The number of nitrogens with zero attached hydrogens (tertiary/aromatic N) is 1. The van der Waals surface area contributed by atoms with E-state index in [1.165, 1.54) is 12.1 Å². The number of hydrogen-bond acceptors (Lipinski definition) is 3. The van der Waals surface area contributed by atoms with E-state index in [2.05, 4.69) is 10.6 Å². The molecular weight excluding hydrogens is 365 g/mol. The van der Waals surface area contributed by atoms with Crippen LogP contribution in [0, 0.1) is 0 Å². The highest BCUT2D eigenvalue weighted by molar-refractivity contribution is 6.36. The molecule has 0 bridgehead atoms. The van der Waals surface area contributed by atoms with Gasteiger partial charge in [-0.3, -0.25) is 14.4 Å². The summed E-state index contributed by atoms with van der Waals surface area (Å²) in [5.74, 6) is -1.00. The minimum absolute atomic E-state index is 0.0591. The van der Waals surface area contributed by atoms with Crippen LogP contribution in [0.1, 0.15) is 36.0 Å². The highest BCUT2D eigenvalue weighted by Crippen LogP contribution is 2.20. The highest BCUT2D eigenvalue weighted by Gasteiger charge is 2.17. The number of benzene rings is 1. The van der Waals surface area contributed by atoms with Crippen molar-refractivity contribution in [2.45, 2.75) is 25.7 Å². The van der Waals surface area contributed by atoms with E-state index in [9.17, 15) is 14.4 Å². The van der Waals surface area contributed by atoms with E-state index in [-0.39, 0.29) is 29.6 Å². The Bertz CT molecular complexity index is 644. The Kier molecular flexibility index (Phi) is 7.52. The summed E-state index contributed by atoms with van der Waals surface area (Å²) in [6.45, 7) is 1.18. The molecule has 0 spiro atoms. The van der Waals surface area contributed by atoms with Crippen molar-refractivity contribution in [2.24, 2.45) is 0 Å². The molecule has 1 aromatic carbocycles. The monoisotopic (exact) mass is 385 g/mol. The molecule has 0 aromatic heterocycles. The minimum atomic E-state index is -0.476. The van der Waals surface area contributed by atoms with Crippen LogP contribution in [0.25, 0.3) is 0 Å². The Morgan fingerprint density at radius 3 is 2.28 bits per heavy atom. The third kappa shape index (κ3) is 6.21. The second-order valence-electron chi connectivity index (χ2n) is 5.88. The third-order valence-electron chi connectivity index (χ3n) is 3.98. The topological polar surface area (TPSA) is 78.5 Å². The Balaban J connectivity index is 1.74. The van der Waals surface area contributed by atoms with Crippen molar-refractivity contribution in [3.05, 3.63) is 33.8 Å². The van der Waals surface area contributed by atoms with Crippen molar-refractivity contribution in [1.82, 2.24) is 15.5 Å². The van der Waals surface area contributed by atoms with Crippen LogP contribution in [-0.2, 0) is 9.59 Å². The highest BCUT2D eigenvalue weighted by atomic mass is 35.5. The van der Waals surface area contributed by atoms with Crippen LogP contribution in [0.4, 0.5) is 0 Å². The first-order valence-electron chi connectivity index (χ1n) is 8.25. The summed E-state index contributed by atoms with van der Waals surface area (Å²) >= 11 is 11.7. The summed E-state index contributed by atoms with van der Waals surface area (Å²) in [5.41, 5.74) is 0.236. The van der Waals surface area contributed by atoms with Crippen molar-refractivity contribution in [1.29, 1.82) is 0 Å². The normalized spacial score (nSPS) is 14.6. The SMILES string of the molecule is O=C(CNC(=O)c1ccc(Cl)cc1Cl)NCC(=O)N1CCCCCC1. The summed E-state index contributed by atoms with van der Waals surface area (Å²) in [5, 5.41) is 5.63. The Morgan fingerprint density at radius 1 is 0.960 bits per heavy atom. The number of rotatable bonds is 5. The lowest BCUT2D eigenvalue weighted by Crippen LogP contribution is -2.43. The van der Waals surface area contributed by atoms with Crippen molar-refractivity contribution in [3.8, 4) is 0 Å². The molecule has 1 aromatic rings. The average Bonchev–Trinajstić information content (AvgIpc) is 2.87. The molecule has 25 heavy (non-hydrogen) atoms. The zero-order chi connectivity index (χ0) is 18.2. The van der Waals surface area contributed by atoms with Gasteiger partial charge < -0.3 is 15.5 Å². The van der Waals surface area contributed by atoms with Crippen LogP contribution >= 0.6 is 23.2 Å². The molecule has 0 radical (unpaired) electrons. The molecule has 1 aliphatic rings. The minimum Gasteiger partial charge on any atom is -0.345 e. The molecule has 0 aliphatic carbocycles. The van der Waals surface area contributed by atoms with E-state index in [1.54, 1.807) is 11.0 Å². The summed E-state index contributed by atoms with van der Waals surface area (Å²) in [4.78, 5) is 37.7. The molecule has 0 saturated carbocycles. The van der Waals surface area contributed by atoms with Gasteiger partial charge in [0.2, 0.25) is 11.8 Å². The summed E-state index contributed by atoms with van der Waals surface area (Å²) in [6, 6.07) is 4.49.